The minimum absolute atomic E-state index is 0.436. The number of nitrogens with two attached hydrogens (primary N) is 1. The summed E-state index contributed by atoms with van der Waals surface area (Å²) in [5, 5.41) is 3.26. The number of hydrogen-bond donors (Lipinski definition) is 2. The van der Waals surface area contributed by atoms with Gasteiger partial charge in [0.25, 0.3) is 0 Å². The van der Waals surface area contributed by atoms with Gasteiger partial charge in [-0.3, -0.25) is 0 Å². The van der Waals surface area contributed by atoms with Crippen LogP contribution in [0.15, 0.2) is 11.8 Å². The van der Waals surface area contributed by atoms with Crippen LogP contribution in [0.3, 0.4) is 0 Å². The molecule has 2 heteroatoms. The van der Waals surface area contributed by atoms with Gasteiger partial charge >= 0.3 is 0 Å². The molecule has 0 aliphatic heterocycles. The van der Waals surface area contributed by atoms with Gasteiger partial charge in [-0.1, -0.05) is 6.08 Å². The highest BCUT2D eigenvalue weighted by molar-refractivity contribution is 5.16. The molecule has 0 heterocycles. The van der Waals surface area contributed by atoms with E-state index in [0.717, 1.165) is 5.92 Å². The smallest absolute Gasteiger partial charge is 0.0109 e. The van der Waals surface area contributed by atoms with Crippen LogP contribution in [0.5, 0.6) is 0 Å². The summed E-state index contributed by atoms with van der Waals surface area (Å²) in [6.45, 7) is 0. The van der Waals surface area contributed by atoms with Crippen molar-refractivity contribution in [3.05, 3.63) is 11.8 Å². The quantitative estimate of drug-likeness (QED) is 0.584. The summed E-state index contributed by atoms with van der Waals surface area (Å²) in [5.41, 5.74) is 7.40. The first-order chi connectivity index (χ1) is 5.31. The lowest BCUT2D eigenvalue weighted by Crippen LogP contribution is -2.42. The van der Waals surface area contributed by atoms with Crippen LogP contribution in [0.1, 0.15) is 19.3 Å². The molecule has 62 valence electrons. The zero-order valence-corrected chi connectivity index (χ0v) is 7.01. The van der Waals surface area contributed by atoms with Crippen molar-refractivity contribution >= 4 is 0 Å². The Bertz CT molecular complexity index is 186. The van der Waals surface area contributed by atoms with Crippen molar-refractivity contribution in [2.75, 3.05) is 7.05 Å². The van der Waals surface area contributed by atoms with Crippen LogP contribution < -0.4 is 11.1 Å². The molecule has 1 unspecified atom stereocenters. The average Bonchev–Trinajstić information content (AvgIpc) is 2.05. The van der Waals surface area contributed by atoms with Crippen LogP contribution in [0, 0.1) is 11.8 Å². The Morgan fingerprint density at radius 3 is 2.82 bits per heavy atom. The molecule has 3 N–H and O–H groups in total. The summed E-state index contributed by atoms with van der Waals surface area (Å²) in [7, 11) is 2.01. The molecule has 3 atom stereocenters. The summed E-state index contributed by atoms with van der Waals surface area (Å²) >= 11 is 0. The third kappa shape index (κ3) is 1.06. The van der Waals surface area contributed by atoms with E-state index in [1.54, 1.807) is 0 Å². The van der Waals surface area contributed by atoms with Gasteiger partial charge in [0, 0.05) is 18.8 Å². The summed E-state index contributed by atoms with van der Waals surface area (Å²) in [5.74, 6) is 1.39. The molecule has 2 bridgehead atoms. The molecule has 0 spiro atoms. The monoisotopic (exact) mass is 152 g/mol. The molecule has 0 radical (unpaired) electrons. The fourth-order valence-electron chi connectivity index (χ4n) is 2.37. The molecule has 2 nitrogen and oxygen atoms in total. The largest absolute Gasteiger partial charge is 0.391 e. The third-order valence-electron chi connectivity index (χ3n) is 3.08. The van der Waals surface area contributed by atoms with Crippen molar-refractivity contribution in [3.63, 3.8) is 0 Å². The van der Waals surface area contributed by atoms with Gasteiger partial charge in [0.1, 0.15) is 0 Å². The second kappa shape index (κ2) is 2.52. The standard InChI is InChI=1S/C9H16N2/c1-11-9-5-6-2-3-7(9)4-8(6)10/h5-8,11H,2-4,10H2,1H3/t6-,7-,8?/m0/s1. The Labute approximate surface area is 67.8 Å². The Balaban J connectivity index is 2.21. The van der Waals surface area contributed by atoms with Gasteiger partial charge in [-0.05, 0) is 31.1 Å². The first-order valence-corrected chi connectivity index (χ1v) is 4.46. The van der Waals surface area contributed by atoms with E-state index in [0.29, 0.717) is 12.0 Å². The summed E-state index contributed by atoms with van der Waals surface area (Å²) in [6, 6.07) is 0.436. The Hall–Kier alpha value is -0.500. The SMILES string of the molecule is CNC1=C[C@@H]2CC[C@H]1CC2N. The lowest BCUT2D eigenvalue weighted by Gasteiger charge is -2.39. The second-order valence-corrected chi connectivity index (χ2v) is 3.71. The van der Waals surface area contributed by atoms with Crippen molar-refractivity contribution < 1.29 is 0 Å². The first kappa shape index (κ1) is 7.17. The second-order valence-electron chi connectivity index (χ2n) is 3.71. The number of rotatable bonds is 1. The van der Waals surface area contributed by atoms with E-state index in [2.05, 4.69) is 11.4 Å². The van der Waals surface area contributed by atoms with E-state index >= 15 is 0 Å². The number of fused-ring (bicyclic) bond motifs is 2. The van der Waals surface area contributed by atoms with Crippen molar-refractivity contribution in [2.45, 2.75) is 25.3 Å². The Kier molecular flexibility index (Phi) is 1.64. The van der Waals surface area contributed by atoms with Gasteiger partial charge in [-0.15, -0.1) is 0 Å². The highest BCUT2D eigenvalue weighted by atomic mass is 14.9. The predicted octanol–water partition coefficient (Wildman–Crippen LogP) is 0.847. The average molecular weight is 152 g/mol. The van der Waals surface area contributed by atoms with Gasteiger partial charge in [0.05, 0.1) is 0 Å². The van der Waals surface area contributed by atoms with E-state index < -0.39 is 0 Å². The van der Waals surface area contributed by atoms with Crippen LogP contribution in [0.4, 0.5) is 0 Å². The molecule has 11 heavy (non-hydrogen) atoms. The Morgan fingerprint density at radius 1 is 1.55 bits per heavy atom. The number of hydrogen-bond acceptors (Lipinski definition) is 2. The minimum atomic E-state index is 0.436. The molecule has 3 aliphatic carbocycles. The van der Waals surface area contributed by atoms with Gasteiger partial charge in [-0.2, -0.15) is 0 Å². The fraction of sp³-hybridized carbons (Fsp3) is 0.778. The Morgan fingerprint density at radius 2 is 2.36 bits per heavy atom. The normalized spacial score (nSPS) is 42.0. The molecule has 0 saturated heterocycles. The van der Waals surface area contributed by atoms with E-state index in [1.165, 1.54) is 25.0 Å². The van der Waals surface area contributed by atoms with Gasteiger partial charge in [0.2, 0.25) is 0 Å². The zero-order chi connectivity index (χ0) is 7.84. The van der Waals surface area contributed by atoms with E-state index in [-0.39, 0.29) is 0 Å². The number of allylic oxidation sites excluding steroid dienone is 1. The van der Waals surface area contributed by atoms with E-state index in [9.17, 15) is 0 Å². The molecule has 0 amide bonds. The zero-order valence-electron chi connectivity index (χ0n) is 7.01. The van der Waals surface area contributed by atoms with Crippen molar-refractivity contribution in [2.24, 2.45) is 17.6 Å². The molecule has 3 aliphatic rings. The van der Waals surface area contributed by atoms with Crippen LogP contribution >= 0.6 is 0 Å². The van der Waals surface area contributed by atoms with Crippen LogP contribution in [-0.2, 0) is 0 Å². The topological polar surface area (TPSA) is 38.0 Å². The highest BCUT2D eigenvalue weighted by Gasteiger charge is 2.33. The van der Waals surface area contributed by atoms with Crippen molar-refractivity contribution in [3.8, 4) is 0 Å². The number of nitrogens with one attached hydrogen (secondary N) is 1. The molecule has 0 aromatic carbocycles. The van der Waals surface area contributed by atoms with Crippen molar-refractivity contribution in [1.29, 1.82) is 0 Å². The molecule has 0 aromatic heterocycles. The molecule has 0 aromatic rings. The summed E-state index contributed by atoms with van der Waals surface area (Å²) in [4.78, 5) is 0. The maximum atomic E-state index is 5.96. The predicted molar refractivity (Wildman–Crippen MR) is 45.9 cm³/mol. The lowest BCUT2D eigenvalue weighted by atomic mass is 9.71. The lowest BCUT2D eigenvalue weighted by molar-refractivity contribution is 0.262. The van der Waals surface area contributed by atoms with Crippen LogP contribution in [0.25, 0.3) is 0 Å². The van der Waals surface area contributed by atoms with Gasteiger partial charge in [0.15, 0.2) is 0 Å². The van der Waals surface area contributed by atoms with Gasteiger partial charge in [-0.25, -0.2) is 0 Å². The third-order valence-corrected chi connectivity index (χ3v) is 3.08. The van der Waals surface area contributed by atoms with Crippen LogP contribution in [0.2, 0.25) is 0 Å². The van der Waals surface area contributed by atoms with Crippen LogP contribution in [-0.4, -0.2) is 13.1 Å². The maximum absolute atomic E-state index is 5.96. The van der Waals surface area contributed by atoms with E-state index in [1.807, 2.05) is 7.05 Å². The first-order valence-electron chi connectivity index (χ1n) is 4.46. The maximum Gasteiger partial charge on any atom is 0.0109 e. The van der Waals surface area contributed by atoms with Crippen molar-refractivity contribution in [1.82, 2.24) is 5.32 Å². The minimum Gasteiger partial charge on any atom is -0.391 e. The highest BCUT2D eigenvalue weighted by Crippen LogP contribution is 2.38. The van der Waals surface area contributed by atoms with Gasteiger partial charge < -0.3 is 11.1 Å². The summed E-state index contributed by atoms with van der Waals surface area (Å²) < 4.78 is 0. The molecule has 1 fully saturated rings. The summed E-state index contributed by atoms with van der Waals surface area (Å²) in [6.07, 6.45) is 6.17. The molecular weight excluding hydrogens is 136 g/mol. The fourth-order valence-corrected chi connectivity index (χ4v) is 2.37. The van der Waals surface area contributed by atoms with E-state index in [4.69, 9.17) is 5.73 Å². The molecule has 1 saturated carbocycles. The molecular formula is C9H16N2. The molecule has 3 rings (SSSR count).